The summed E-state index contributed by atoms with van der Waals surface area (Å²) in [6.45, 7) is 3.33. The van der Waals surface area contributed by atoms with Crippen LogP contribution in [0.2, 0.25) is 0 Å². The van der Waals surface area contributed by atoms with Gasteiger partial charge in [0.15, 0.2) is 11.6 Å². The van der Waals surface area contributed by atoms with Gasteiger partial charge in [-0.2, -0.15) is 5.10 Å². The van der Waals surface area contributed by atoms with Crippen LogP contribution in [0.4, 0.5) is 8.78 Å². The first-order valence-electron chi connectivity index (χ1n) is 13.1. The molecule has 4 N–H and O–H groups in total. The second kappa shape index (κ2) is 11.0. The number of rotatable bonds is 9. The van der Waals surface area contributed by atoms with Crippen molar-refractivity contribution in [2.75, 3.05) is 12.8 Å². The maximum absolute atomic E-state index is 16.1. The van der Waals surface area contributed by atoms with Crippen molar-refractivity contribution in [2.24, 2.45) is 0 Å². The molecule has 4 heterocycles. The lowest BCUT2D eigenvalue weighted by Gasteiger charge is -2.08. The zero-order chi connectivity index (χ0) is 29.4. The van der Waals surface area contributed by atoms with Crippen LogP contribution in [0.5, 0.6) is 0 Å². The Morgan fingerprint density at radius 2 is 1.76 bits per heavy atom. The minimum absolute atomic E-state index is 0.0617. The molecule has 4 aromatic heterocycles. The summed E-state index contributed by atoms with van der Waals surface area (Å²) < 4.78 is 56.1. The van der Waals surface area contributed by atoms with Gasteiger partial charge in [-0.1, -0.05) is 19.1 Å². The molecule has 10 nitrogen and oxygen atoms in total. The highest BCUT2D eigenvalue weighted by Crippen LogP contribution is 2.35. The molecule has 2 aromatic carbocycles. The third-order valence-electron chi connectivity index (χ3n) is 6.74. The first-order chi connectivity index (χ1) is 20.2. The summed E-state index contributed by atoms with van der Waals surface area (Å²) in [7, 11) is -3.46. The van der Waals surface area contributed by atoms with E-state index in [-0.39, 0.29) is 23.3 Å². The molecular weight excluding hydrogens is 562 g/mol. The minimum Gasteiger partial charge on any atom is -0.337 e. The fourth-order valence-electron chi connectivity index (χ4n) is 4.83. The van der Waals surface area contributed by atoms with Crippen molar-refractivity contribution in [3.8, 4) is 33.9 Å². The van der Waals surface area contributed by atoms with Gasteiger partial charge in [0.2, 0.25) is 10.0 Å². The van der Waals surface area contributed by atoms with Crippen molar-refractivity contribution >= 4 is 32.0 Å². The number of pyridine rings is 2. The molecule has 6 aromatic rings. The number of fused-ring (bicyclic) bond motifs is 2. The van der Waals surface area contributed by atoms with Crippen molar-refractivity contribution in [1.29, 1.82) is 0 Å². The largest absolute Gasteiger partial charge is 0.337 e. The number of hydrogen-bond donors (Lipinski definition) is 4. The van der Waals surface area contributed by atoms with Crippen molar-refractivity contribution in [1.82, 2.24) is 40.2 Å². The number of imidazole rings is 1. The van der Waals surface area contributed by atoms with Crippen LogP contribution in [0.1, 0.15) is 18.1 Å². The Morgan fingerprint density at radius 3 is 2.57 bits per heavy atom. The molecule has 0 saturated heterocycles. The number of halogens is 2. The number of sulfonamides is 1. The molecule has 6 rings (SSSR count). The van der Waals surface area contributed by atoms with E-state index in [1.165, 1.54) is 18.3 Å². The average molecular weight is 589 g/mol. The molecule has 0 bridgehead atoms. The first-order valence-corrected chi connectivity index (χ1v) is 15.0. The molecule has 0 radical (unpaired) electrons. The van der Waals surface area contributed by atoms with E-state index in [9.17, 15) is 12.8 Å². The van der Waals surface area contributed by atoms with Gasteiger partial charge >= 0.3 is 0 Å². The third-order valence-corrected chi connectivity index (χ3v) is 7.40. The van der Waals surface area contributed by atoms with Gasteiger partial charge in [-0.3, -0.25) is 15.1 Å². The van der Waals surface area contributed by atoms with Crippen molar-refractivity contribution in [3.05, 3.63) is 83.8 Å². The topological polar surface area (TPSA) is 141 Å². The Kier molecular flexibility index (Phi) is 7.22. The van der Waals surface area contributed by atoms with E-state index in [1.54, 1.807) is 36.7 Å². The molecule has 0 aliphatic heterocycles. The van der Waals surface area contributed by atoms with E-state index < -0.39 is 21.7 Å². The number of benzene rings is 2. The maximum atomic E-state index is 16.1. The Bertz CT molecular complexity index is 2060. The van der Waals surface area contributed by atoms with Crippen LogP contribution < -0.4 is 10.0 Å². The molecule has 0 aliphatic carbocycles. The summed E-state index contributed by atoms with van der Waals surface area (Å²) in [5.74, 6) is -0.767. The number of nitrogens with zero attached hydrogens (tertiary/aromatic N) is 4. The fourth-order valence-corrected chi connectivity index (χ4v) is 5.26. The normalized spacial score (nSPS) is 12.0. The second-order valence-electron chi connectivity index (χ2n) is 9.87. The van der Waals surface area contributed by atoms with Crippen molar-refractivity contribution < 1.29 is 17.2 Å². The SMILES string of the molecule is CCNCc1cncc(-c2ncc3[nH]nc(-c4nc5c(-c6cc(F)cc(CNS(C)(=O)=O)c6)cccc5[nH]4)c3c2F)c1. The van der Waals surface area contributed by atoms with Gasteiger partial charge in [0.25, 0.3) is 0 Å². The number of para-hydroxylation sites is 1. The van der Waals surface area contributed by atoms with Gasteiger partial charge in [-0.15, -0.1) is 0 Å². The smallest absolute Gasteiger partial charge is 0.209 e. The highest BCUT2D eigenvalue weighted by molar-refractivity contribution is 7.88. The molecule has 214 valence electrons. The van der Waals surface area contributed by atoms with E-state index >= 15 is 4.39 Å². The van der Waals surface area contributed by atoms with Gasteiger partial charge in [0, 0.05) is 36.6 Å². The lowest BCUT2D eigenvalue weighted by Crippen LogP contribution is -2.21. The molecule has 0 fully saturated rings. The molecule has 0 atom stereocenters. The zero-order valence-corrected chi connectivity index (χ0v) is 23.5. The Labute approximate surface area is 239 Å². The average Bonchev–Trinajstić information content (AvgIpc) is 3.59. The van der Waals surface area contributed by atoms with Crippen LogP contribution in [0.15, 0.2) is 61.1 Å². The van der Waals surface area contributed by atoms with Crippen LogP contribution in [-0.4, -0.2) is 51.4 Å². The number of hydrogen-bond acceptors (Lipinski definition) is 7. The third kappa shape index (κ3) is 5.49. The minimum atomic E-state index is -3.46. The Hall–Kier alpha value is -4.59. The van der Waals surface area contributed by atoms with E-state index in [4.69, 9.17) is 4.98 Å². The number of aromatic nitrogens is 6. The Morgan fingerprint density at radius 1 is 0.929 bits per heavy atom. The lowest BCUT2D eigenvalue weighted by molar-refractivity contribution is 0.586. The fraction of sp³-hybridized carbons (Fsp3) is 0.172. The van der Waals surface area contributed by atoms with Crippen LogP contribution in [0, 0.1) is 11.6 Å². The summed E-state index contributed by atoms with van der Waals surface area (Å²) in [5.41, 5.74) is 4.98. The van der Waals surface area contributed by atoms with Crippen molar-refractivity contribution in [2.45, 2.75) is 20.0 Å². The summed E-state index contributed by atoms with van der Waals surface area (Å²) in [4.78, 5) is 16.5. The molecule has 0 amide bonds. The van der Waals surface area contributed by atoms with Gasteiger partial charge in [0.05, 0.1) is 34.4 Å². The quantitative estimate of drug-likeness (QED) is 0.192. The van der Waals surface area contributed by atoms with Gasteiger partial charge in [0.1, 0.15) is 17.2 Å². The number of nitrogens with one attached hydrogen (secondary N) is 4. The van der Waals surface area contributed by atoms with Crippen LogP contribution in [0.3, 0.4) is 0 Å². The monoisotopic (exact) mass is 588 g/mol. The van der Waals surface area contributed by atoms with Gasteiger partial charge in [-0.25, -0.2) is 26.9 Å². The molecule has 0 aliphatic rings. The second-order valence-corrected chi connectivity index (χ2v) is 11.7. The summed E-state index contributed by atoms with van der Waals surface area (Å²) in [6.07, 6.45) is 5.85. The maximum Gasteiger partial charge on any atom is 0.209 e. The molecule has 13 heteroatoms. The van der Waals surface area contributed by atoms with E-state index in [0.717, 1.165) is 18.4 Å². The van der Waals surface area contributed by atoms with E-state index in [1.807, 2.05) is 13.0 Å². The lowest BCUT2D eigenvalue weighted by atomic mass is 10.0. The van der Waals surface area contributed by atoms with E-state index in [2.05, 4.69) is 35.2 Å². The summed E-state index contributed by atoms with van der Waals surface area (Å²) in [6, 6.07) is 11.6. The predicted octanol–water partition coefficient (Wildman–Crippen LogP) is 4.67. The van der Waals surface area contributed by atoms with Gasteiger partial charge < -0.3 is 10.3 Å². The molecule has 0 saturated carbocycles. The van der Waals surface area contributed by atoms with Gasteiger partial charge in [-0.05, 0) is 53.6 Å². The van der Waals surface area contributed by atoms with E-state index in [0.29, 0.717) is 51.2 Å². The zero-order valence-electron chi connectivity index (χ0n) is 22.7. The van der Waals surface area contributed by atoms with Crippen LogP contribution in [0.25, 0.3) is 55.8 Å². The molecule has 42 heavy (non-hydrogen) atoms. The summed E-state index contributed by atoms with van der Waals surface area (Å²) >= 11 is 0. The molecule has 0 unspecified atom stereocenters. The number of aromatic amines is 2. The standard InChI is InChI=1S/C29H26F2N8O2S/c1-3-32-11-17-8-19(14-33-12-17)26-25(31)24-23(15-34-26)38-39-28(24)29-36-22-6-4-5-21(27(22)37-29)18-7-16(9-20(30)10-18)13-35-42(2,40)41/h4-10,12,14-15,32,35H,3,11,13H2,1-2H3,(H,36,37)(H,38,39). The molecule has 0 spiro atoms. The van der Waals surface area contributed by atoms with Crippen LogP contribution in [-0.2, 0) is 23.1 Å². The number of H-pyrrole nitrogens is 2. The van der Waals surface area contributed by atoms with Crippen molar-refractivity contribution in [3.63, 3.8) is 0 Å². The highest BCUT2D eigenvalue weighted by atomic mass is 32.2. The first kappa shape index (κ1) is 27.6. The van der Waals surface area contributed by atoms with Crippen LogP contribution >= 0.6 is 0 Å². The highest BCUT2D eigenvalue weighted by Gasteiger charge is 2.21. The predicted molar refractivity (Wildman–Crippen MR) is 157 cm³/mol. The Balaban J connectivity index is 1.42. The summed E-state index contributed by atoms with van der Waals surface area (Å²) in [5, 5.41) is 10.6. The molecular formula is C29H26F2N8O2S.